The molecule has 0 saturated carbocycles. The van der Waals surface area contributed by atoms with Crippen LogP contribution in [0.15, 0.2) is 52.3 Å². The second-order valence-corrected chi connectivity index (χ2v) is 4.65. The van der Waals surface area contributed by atoms with E-state index in [1.165, 1.54) is 26.5 Å². The molecule has 0 bridgehead atoms. The first-order valence-corrected chi connectivity index (χ1v) is 5.54. The van der Waals surface area contributed by atoms with E-state index in [9.17, 15) is 0 Å². The highest BCUT2D eigenvalue weighted by molar-refractivity contribution is 8.05. The van der Waals surface area contributed by atoms with E-state index >= 15 is 0 Å². The molecule has 1 aliphatic rings. The van der Waals surface area contributed by atoms with Crippen LogP contribution in [0.2, 0.25) is 0 Å². The predicted octanol–water partition coefficient (Wildman–Crippen LogP) is 4.13. The topological polar surface area (TPSA) is 0 Å². The molecule has 0 fully saturated rings. The molecule has 0 saturated heterocycles. The second kappa shape index (κ2) is 2.89. The molecule has 2 aromatic carbocycles. The fraction of sp³-hybridized carbons (Fsp3) is 0.0769. The van der Waals surface area contributed by atoms with E-state index in [2.05, 4.69) is 49.4 Å². The van der Waals surface area contributed by atoms with Gasteiger partial charge in [0.2, 0.25) is 0 Å². The van der Waals surface area contributed by atoms with Crippen molar-refractivity contribution in [2.24, 2.45) is 0 Å². The summed E-state index contributed by atoms with van der Waals surface area (Å²) in [4.78, 5) is 2.89. The Balaban J connectivity index is 2.12. The number of hydrogen-bond acceptors (Lipinski definition) is 1. The highest BCUT2D eigenvalue weighted by atomic mass is 32.2. The van der Waals surface area contributed by atoms with E-state index in [1.807, 2.05) is 11.8 Å². The Labute approximate surface area is 88.0 Å². The van der Waals surface area contributed by atoms with Crippen molar-refractivity contribution in [1.82, 2.24) is 0 Å². The average Bonchev–Trinajstić information content (AvgIpc) is 2.97. The zero-order valence-corrected chi connectivity index (χ0v) is 8.77. The highest BCUT2D eigenvalue weighted by Gasteiger charge is 2.22. The molecular weight excluding hydrogens is 188 g/mol. The maximum atomic E-state index is 2.20. The third-order valence-electron chi connectivity index (χ3n) is 2.51. The Morgan fingerprint density at radius 3 is 2.50 bits per heavy atom. The van der Waals surface area contributed by atoms with Gasteiger partial charge in [0.25, 0.3) is 0 Å². The molecule has 0 amide bonds. The molecule has 1 heterocycles. The minimum atomic E-state index is 1.32. The van der Waals surface area contributed by atoms with Crippen LogP contribution in [0.25, 0.3) is 11.1 Å². The molecule has 0 aliphatic carbocycles. The van der Waals surface area contributed by atoms with Gasteiger partial charge in [-0.3, -0.25) is 0 Å². The van der Waals surface area contributed by atoms with Crippen molar-refractivity contribution >= 4 is 11.8 Å². The van der Waals surface area contributed by atoms with Crippen molar-refractivity contribution in [3.8, 4) is 11.1 Å². The third kappa shape index (κ3) is 1.25. The largest absolute Gasteiger partial charge is 0.0870 e. The van der Waals surface area contributed by atoms with Gasteiger partial charge in [0.1, 0.15) is 0 Å². The Hall–Kier alpha value is -1.21. The van der Waals surface area contributed by atoms with Crippen LogP contribution in [0.5, 0.6) is 0 Å². The van der Waals surface area contributed by atoms with Gasteiger partial charge in [-0.25, -0.2) is 0 Å². The molecule has 68 valence electrons. The van der Waals surface area contributed by atoms with E-state index in [0.717, 1.165) is 0 Å². The van der Waals surface area contributed by atoms with E-state index in [-0.39, 0.29) is 0 Å². The number of benzene rings is 2. The van der Waals surface area contributed by atoms with Crippen LogP contribution in [0, 0.1) is 6.92 Å². The average molecular weight is 198 g/mol. The molecule has 0 nitrogen and oxygen atoms in total. The second-order valence-electron chi connectivity index (χ2n) is 3.60. The fourth-order valence-electron chi connectivity index (χ4n) is 1.65. The predicted molar refractivity (Wildman–Crippen MR) is 60.7 cm³/mol. The van der Waals surface area contributed by atoms with Gasteiger partial charge in [-0.1, -0.05) is 53.7 Å². The lowest BCUT2D eigenvalue weighted by atomic mass is 10.0. The van der Waals surface area contributed by atoms with E-state index in [4.69, 9.17) is 0 Å². The van der Waals surface area contributed by atoms with Crippen molar-refractivity contribution in [2.45, 2.75) is 16.7 Å². The summed E-state index contributed by atoms with van der Waals surface area (Å²) < 4.78 is 0. The van der Waals surface area contributed by atoms with E-state index in [0.29, 0.717) is 0 Å². The Kier molecular flexibility index (Phi) is 1.68. The summed E-state index contributed by atoms with van der Waals surface area (Å²) >= 11 is 1.88. The smallest absolute Gasteiger partial charge is 0.0340 e. The Bertz CT molecular complexity index is 483. The van der Waals surface area contributed by atoms with Crippen molar-refractivity contribution in [2.75, 3.05) is 0 Å². The first-order chi connectivity index (χ1) is 6.84. The van der Waals surface area contributed by atoms with Crippen LogP contribution in [0.4, 0.5) is 0 Å². The highest BCUT2D eigenvalue weighted by Crippen LogP contribution is 2.53. The van der Waals surface area contributed by atoms with Gasteiger partial charge in [0.15, 0.2) is 0 Å². The number of aryl methyl sites for hydroxylation is 1. The van der Waals surface area contributed by atoms with Gasteiger partial charge in [-0.05, 0) is 24.1 Å². The third-order valence-corrected chi connectivity index (χ3v) is 3.51. The normalized spacial score (nSPS) is 12.4. The van der Waals surface area contributed by atoms with Crippen LogP contribution in [-0.2, 0) is 0 Å². The zero-order valence-electron chi connectivity index (χ0n) is 7.95. The van der Waals surface area contributed by atoms with Crippen molar-refractivity contribution < 1.29 is 0 Å². The zero-order chi connectivity index (χ0) is 9.54. The van der Waals surface area contributed by atoms with Gasteiger partial charge in [0, 0.05) is 9.79 Å². The van der Waals surface area contributed by atoms with Gasteiger partial charge in [0.05, 0.1) is 0 Å². The van der Waals surface area contributed by atoms with Crippen LogP contribution in [-0.4, -0.2) is 0 Å². The van der Waals surface area contributed by atoms with E-state index < -0.39 is 0 Å². The number of hydrogen-bond donors (Lipinski definition) is 0. The summed E-state index contributed by atoms with van der Waals surface area (Å²) in [6, 6.07) is 15.2. The molecule has 0 radical (unpaired) electrons. The molecule has 2 aromatic rings. The summed E-state index contributed by atoms with van der Waals surface area (Å²) in [5.74, 6) is 0. The molecular formula is C13H10S. The van der Waals surface area contributed by atoms with Crippen LogP contribution < -0.4 is 0 Å². The van der Waals surface area contributed by atoms with Crippen molar-refractivity contribution in [3.05, 3.63) is 48.0 Å². The Morgan fingerprint density at radius 2 is 1.71 bits per heavy atom. The molecule has 1 aliphatic heterocycles. The maximum absolute atomic E-state index is 2.20. The monoisotopic (exact) mass is 198 g/mol. The molecule has 0 aromatic heterocycles. The fourth-order valence-corrected chi connectivity index (χ4v) is 2.44. The summed E-state index contributed by atoms with van der Waals surface area (Å²) in [6.45, 7) is 2.12. The quantitative estimate of drug-likeness (QED) is 0.530. The van der Waals surface area contributed by atoms with Gasteiger partial charge in [-0.15, -0.1) is 0 Å². The van der Waals surface area contributed by atoms with Crippen molar-refractivity contribution in [1.29, 1.82) is 0 Å². The maximum Gasteiger partial charge on any atom is 0.0340 e. The Morgan fingerprint density at radius 1 is 0.929 bits per heavy atom. The molecule has 0 atom stereocenters. The van der Waals surface area contributed by atoms with Crippen LogP contribution >= 0.6 is 11.8 Å². The minimum Gasteiger partial charge on any atom is -0.0870 e. The van der Waals surface area contributed by atoms with Crippen LogP contribution in [0.3, 0.4) is 0 Å². The first kappa shape index (κ1) is 8.13. The molecule has 14 heavy (non-hydrogen) atoms. The first-order valence-electron chi connectivity index (χ1n) is 4.72. The lowest BCUT2D eigenvalue weighted by Gasteiger charge is -2.00. The summed E-state index contributed by atoms with van der Waals surface area (Å²) in [5.41, 5.74) is 4.03. The molecule has 0 spiro atoms. The van der Waals surface area contributed by atoms with Gasteiger partial charge >= 0.3 is 0 Å². The number of rotatable bonds is 1. The van der Waals surface area contributed by atoms with Crippen molar-refractivity contribution in [3.63, 3.8) is 0 Å². The summed E-state index contributed by atoms with van der Waals surface area (Å²) in [6.07, 6.45) is 0. The standard InChI is InChI=1S/C13H10S/c1-9-5-7-10(8-6-9)11-3-2-4-12-13(11)14-12/h2-8H,1H3. The lowest BCUT2D eigenvalue weighted by Crippen LogP contribution is -1.76. The minimum absolute atomic E-state index is 1.32. The lowest BCUT2D eigenvalue weighted by molar-refractivity contribution is 1.36. The van der Waals surface area contributed by atoms with Gasteiger partial charge < -0.3 is 0 Å². The van der Waals surface area contributed by atoms with Crippen LogP contribution in [0.1, 0.15) is 5.56 Å². The molecule has 0 N–H and O–H groups in total. The number of fused-ring (bicyclic) bond motifs is 1. The molecule has 0 unspecified atom stereocenters. The SMILES string of the molecule is Cc1ccc(-c2cccc3c2S3)cc1. The molecule has 1 heteroatoms. The van der Waals surface area contributed by atoms with Gasteiger partial charge in [-0.2, -0.15) is 0 Å². The summed E-state index contributed by atoms with van der Waals surface area (Å²) in [7, 11) is 0. The molecule has 3 rings (SSSR count). The summed E-state index contributed by atoms with van der Waals surface area (Å²) in [5, 5.41) is 0. The van der Waals surface area contributed by atoms with E-state index in [1.54, 1.807) is 0 Å².